The molecule has 1 atom stereocenters. The van der Waals surface area contributed by atoms with Crippen LogP contribution in [0, 0.1) is 16.0 Å². The predicted octanol–water partition coefficient (Wildman–Crippen LogP) is 4.22. The predicted molar refractivity (Wildman–Crippen MR) is 128 cm³/mol. The Morgan fingerprint density at radius 3 is 2.59 bits per heavy atom. The van der Waals surface area contributed by atoms with Gasteiger partial charge in [0, 0.05) is 56.2 Å². The summed E-state index contributed by atoms with van der Waals surface area (Å²) in [6.07, 6.45) is 2.77. The van der Waals surface area contributed by atoms with E-state index in [2.05, 4.69) is 32.6 Å². The third-order valence-electron chi connectivity index (χ3n) is 5.99. The summed E-state index contributed by atoms with van der Waals surface area (Å²) in [5.74, 6) is 0.641. The molecule has 0 aromatic heterocycles. The van der Waals surface area contributed by atoms with Gasteiger partial charge in [0.05, 0.1) is 15.6 Å². The number of rotatable bonds is 8. The van der Waals surface area contributed by atoms with Crippen LogP contribution in [0.15, 0.2) is 42.5 Å². The van der Waals surface area contributed by atoms with Crippen molar-refractivity contribution in [2.75, 3.05) is 48.3 Å². The lowest BCUT2D eigenvalue weighted by molar-refractivity contribution is -0.384. The molecule has 2 fully saturated rings. The van der Waals surface area contributed by atoms with Gasteiger partial charge in [-0.1, -0.05) is 17.7 Å². The highest BCUT2D eigenvalue weighted by molar-refractivity contribution is 6.34. The molecule has 4 rings (SSSR count). The molecule has 8 nitrogen and oxygen atoms in total. The van der Waals surface area contributed by atoms with Gasteiger partial charge in [-0.2, -0.15) is 0 Å². The van der Waals surface area contributed by atoms with E-state index in [1.807, 2.05) is 12.1 Å². The third kappa shape index (κ3) is 5.69. The van der Waals surface area contributed by atoms with E-state index in [0.717, 1.165) is 43.5 Å². The summed E-state index contributed by atoms with van der Waals surface area (Å²) in [4.78, 5) is 27.9. The molecule has 1 saturated carbocycles. The molecule has 0 spiro atoms. The Kier molecular flexibility index (Phi) is 6.81. The number of piperazine rings is 1. The van der Waals surface area contributed by atoms with Crippen LogP contribution in [-0.4, -0.2) is 54.5 Å². The molecule has 1 aliphatic heterocycles. The van der Waals surface area contributed by atoms with Gasteiger partial charge in [0.1, 0.15) is 6.04 Å². The molecule has 0 bridgehead atoms. The van der Waals surface area contributed by atoms with E-state index in [0.29, 0.717) is 5.69 Å². The molecule has 1 amide bonds. The normalized spacial score (nSPS) is 17.6. The molecule has 2 N–H and O–H groups in total. The number of carbonyl (C=O) groups is 1. The highest BCUT2D eigenvalue weighted by atomic mass is 35.5. The second-order valence-corrected chi connectivity index (χ2v) is 8.97. The largest absolute Gasteiger partial charge is 0.374 e. The van der Waals surface area contributed by atoms with Crippen LogP contribution in [0.1, 0.15) is 19.8 Å². The molecule has 1 aliphatic carbocycles. The average Bonchev–Trinajstić information content (AvgIpc) is 3.59. The van der Waals surface area contributed by atoms with E-state index < -0.39 is 11.0 Å². The van der Waals surface area contributed by atoms with E-state index in [1.54, 1.807) is 6.92 Å². The van der Waals surface area contributed by atoms with Crippen LogP contribution in [0.2, 0.25) is 5.02 Å². The van der Waals surface area contributed by atoms with E-state index in [9.17, 15) is 14.9 Å². The van der Waals surface area contributed by atoms with E-state index in [4.69, 9.17) is 11.6 Å². The molecule has 2 aromatic carbocycles. The molecule has 1 unspecified atom stereocenters. The van der Waals surface area contributed by atoms with Gasteiger partial charge in [-0.3, -0.25) is 19.8 Å². The number of carbonyl (C=O) groups excluding carboxylic acids is 1. The van der Waals surface area contributed by atoms with Crippen LogP contribution in [0.4, 0.5) is 22.7 Å². The first-order valence-electron chi connectivity index (χ1n) is 11.0. The first-order valence-corrected chi connectivity index (χ1v) is 11.4. The quantitative estimate of drug-likeness (QED) is 0.455. The van der Waals surface area contributed by atoms with Gasteiger partial charge >= 0.3 is 0 Å². The zero-order chi connectivity index (χ0) is 22.7. The number of hydrogen-bond acceptors (Lipinski definition) is 6. The van der Waals surface area contributed by atoms with E-state index in [-0.39, 0.29) is 16.6 Å². The molecule has 9 heteroatoms. The summed E-state index contributed by atoms with van der Waals surface area (Å²) in [6, 6.07) is 11.6. The molecule has 2 aliphatic rings. The average molecular weight is 458 g/mol. The summed E-state index contributed by atoms with van der Waals surface area (Å²) >= 11 is 6.08. The van der Waals surface area contributed by atoms with Crippen LogP contribution >= 0.6 is 11.6 Å². The molecule has 0 radical (unpaired) electrons. The van der Waals surface area contributed by atoms with Crippen molar-refractivity contribution in [3.63, 3.8) is 0 Å². The standard InChI is InChI=1S/C23H28ClN5O3/c1-16(23(30)26-22-8-7-20(29(31)32)14-21(22)24)25-18-3-2-4-19(13-18)28-11-9-27(10-12-28)15-17-5-6-17/h2-4,7-8,13-14,16-17,25H,5-6,9-12,15H2,1H3,(H,26,30). The minimum atomic E-state index is -0.526. The Morgan fingerprint density at radius 1 is 1.19 bits per heavy atom. The zero-order valence-corrected chi connectivity index (χ0v) is 18.8. The van der Waals surface area contributed by atoms with Crippen LogP contribution in [-0.2, 0) is 4.79 Å². The van der Waals surface area contributed by atoms with Crippen molar-refractivity contribution in [1.82, 2.24) is 4.90 Å². The zero-order valence-electron chi connectivity index (χ0n) is 18.1. The van der Waals surface area contributed by atoms with Gasteiger partial charge in [-0.05, 0) is 49.9 Å². The highest BCUT2D eigenvalue weighted by Gasteiger charge is 2.26. The molecular formula is C23H28ClN5O3. The van der Waals surface area contributed by atoms with Crippen molar-refractivity contribution in [3.05, 3.63) is 57.6 Å². The fourth-order valence-electron chi connectivity index (χ4n) is 3.92. The maximum Gasteiger partial charge on any atom is 0.271 e. The Bertz CT molecular complexity index is 989. The van der Waals surface area contributed by atoms with Crippen LogP contribution < -0.4 is 15.5 Å². The molecular weight excluding hydrogens is 430 g/mol. The number of nitro benzene ring substituents is 1. The number of halogens is 1. The first-order chi connectivity index (χ1) is 15.4. The molecule has 1 heterocycles. The van der Waals surface area contributed by atoms with Crippen molar-refractivity contribution in [2.24, 2.45) is 5.92 Å². The Hall–Kier alpha value is -2.84. The smallest absolute Gasteiger partial charge is 0.271 e. The van der Waals surface area contributed by atoms with Crippen molar-refractivity contribution < 1.29 is 9.72 Å². The number of nitrogens with zero attached hydrogens (tertiary/aromatic N) is 3. The molecule has 32 heavy (non-hydrogen) atoms. The first kappa shape index (κ1) is 22.4. The lowest BCUT2D eigenvalue weighted by Crippen LogP contribution is -2.47. The van der Waals surface area contributed by atoms with Crippen molar-refractivity contribution in [3.8, 4) is 0 Å². The topological polar surface area (TPSA) is 90.8 Å². The molecule has 170 valence electrons. The van der Waals surface area contributed by atoms with E-state index >= 15 is 0 Å². The Labute approximate surface area is 192 Å². The van der Waals surface area contributed by atoms with Crippen molar-refractivity contribution in [2.45, 2.75) is 25.8 Å². The second-order valence-electron chi connectivity index (χ2n) is 8.56. The maximum atomic E-state index is 12.6. The van der Waals surface area contributed by atoms with Gasteiger partial charge in [-0.25, -0.2) is 0 Å². The van der Waals surface area contributed by atoms with Gasteiger partial charge in [0.15, 0.2) is 0 Å². The van der Waals surface area contributed by atoms with Crippen molar-refractivity contribution in [1.29, 1.82) is 0 Å². The fourth-order valence-corrected chi connectivity index (χ4v) is 4.14. The van der Waals surface area contributed by atoms with Gasteiger partial charge in [0.2, 0.25) is 5.91 Å². The molecule has 2 aromatic rings. The van der Waals surface area contributed by atoms with Crippen LogP contribution in [0.25, 0.3) is 0 Å². The van der Waals surface area contributed by atoms with Gasteiger partial charge in [0.25, 0.3) is 5.69 Å². The number of anilines is 3. The van der Waals surface area contributed by atoms with Crippen LogP contribution in [0.5, 0.6) is 0 Å². The summed E-state index contributed by atoms with van der Waals surface area (Å²) in [6.45, 7) is 7.18. The lowest BCUT2D eigenvalue weighted by atomic mass is 10.2. The monoisotopic (exact) mass is 457 g/mol. The second kappa shape index (κ2) is 9.75. The number of benzene rings is 2. The minimum absolute atomic E-state index is 0.121. The lowest BCUT2D eigenvalue weighted by Gasteiger charge is -2.36. The van der Waals surface area contributed by atoms with Crippen LogP contribution in [0.3, 0.4) is 0 Å². The van der Waals surface area contributed by atoms with Crippen molar-refractivity contribution >= 4 is 40.3 Å². The number of nitro groups is 1. The summed E-state index contributed by atoms with van der Waals surface area (Å²) in [5.41, 5.74) is 2.23. The summed E-state index contributed by atoms with van der Waals surface area (Å²) in [7, 11) is 0. The summed E-state index contributed by atoms with van der Waals surface area (Å²) in [5, 5.41) is 16.9. The Balaban J connectivity index is 1.32. The van der Waals surface area contributed by atoms with Gasteiger partial charge in [-0.15, -0.1) is 0 Å². The number of amides is 1. The Morgan fingerprint density at radius 2 is 1.94 bits per heavy atom. The fraction of sp³-hybridized carbons (Fsp3) is 0.435. The van der Waals surface area contributed by atoms with Gasteiger partial charge < -0.3 is 15.5 Å². The third-order valence-corrected chi connectivity index (χ3v) is 6.31. The summed E-state index contributed by atoms with van der Waals surface area (Å²) < 4.78 is 0. The minimum Gasteiger partial charge on any atom is -0.374 e. The molecule has 1 saturated heterocycles. The number of nitrogens with one attached hydrogen (secondary N) is 2. The number of non-ortho nitro benzene ring substituents is 1. The SMILES string of the molecule is CC(Nc1cccc(N2CCN(CC3CC3)CC2)c1)C(=O)Nc1ccc([N+](=O)[O-])cc1Cl. The van der Waals surface area contributed by atoms with E-state index in [1.165, 1.54) is 37.6 Å². The maximum absolute atomic E-state index is 12.6. The highest BCUT2D eigenvalue weighted by Crippen LogP contribution is 2.30. The number of hydrogen-bond donors (Lipinski definition) is 2.